The molecule has 2 aromatic carbocycles. The molecule has 1 aromatic heterocycles. The summed E-state index contributed by atoms with van der Waals surface area (Å²) in [4.78, 5) is 55.3. The summed E-state index contributed by atoms with van der Waals surface area (Å²) in [6.45, 7) is 4.34. The van der Waals surface area contributed by atoms with Gasteiger partial charge in [-0.3, -0.25) is 14.4 Å². The number of aromatic nitrogens is 1. The maximum absolute atomic E-state index is 13.6. The molecule has 0 spiro atoms. The molecule has 0 bridgehead atoms. The minimum atomic E-state index is -1.24. The van der Waals surface area contributed by atoms with Gasteiger partial charge < -0.3 is 37.5 Å². The van der Waals surface area contributed by atoms with Gasteiger partial charge in [-0.25, -0.2) is 4.79 Å². The summed E-state index contributed by atoms with van der Waals surface area (Å²) in [5.74, 6) is -2.78. The van der Waals surface area contributed by atoms with Crippen LogP contribution in [-0.4, -0.2) is 64.5 Å². The van der Waals surface area contributed by atoms with Gasteiger partial charge in [-0.15, -0.1) is 0 Å². The third kappa shape index (κ3) is 10.2. The highest BCUT2D eigenvalue weighted by atomic mass is 16.4. The number of carboxylic acids is 1. The number of nitrogens with two attached hydrogens (primary N) is 2. The molecule has 0 aliphatic heterocycles. The highest BCUT2D eigenvalue weighted by Crippen LogP contribution is 2.19. The average molecular weight is 593 g/mol. The number of amides is 3. The predicted octanol–water partition coefficient (Wildman–Crippen LogP) is 1.99. The summed E-state index contributed by atoms with van der Waals surface area (Å²) in [6, 6.07) is 12.6. The first-order valence-corrected chi connectivity index (χ1v) is 14.8. The number of rotatable bonds is 17. The fraction of sp³-hybridized carbons (Fsp3) is 0.438. The van der Waals surface area contributed by atoms with Crippen LogP contribution in [0.5, 0.6) is 0 Å². The monoisotopic (exact) mass is 592 g/mol. The van der Waals surface area contributed by atoms with E-state index in [0.717, 1.165) is 28.5 Å². The van der Waals surface area contributed by atoms with E-state index in [1.807, 2.05) is 68.4 Å². The maximum atomic E-state index is 13.6. The van der Waals surface area contributed by atoms with Gasteiger partial charge in [-0.1, -0.05) is 68.8 Å². The lowest BCUT2D eigenvalue weighted by Gasteiger charge is -2.26. The van der Waals surface area contributed by atoms with Gasteiger partial charge >= 0.3 is 5.97 Å². The summed E-state index contributed by atoms with van der Waals surface area (Å²) in [6.07, 6.45) is 4.09. The Hall–Kier alpha value is -4.22. The number of hydrogen-bond donors (Lipinski definition) is 7. The van der Waals surface area contributed by atoms with Crippen molar-refractivity contribution in [2.45, 2.75) is 76.5 Å². The first-order chi connectivity index (χ1) is 20.6. The number of carbonyl (C=O) groups is 4. The van der Waals surface area contributed by atoms with Gasteiger partial charge in [0.15, 0.2) is 0 Å². The molecule has 9 N–H and O–H groups in total. The molecule has 0 fully saturated rings. The Morgan fingerprint density at radius 3 is 2.12 bits per heavy atom. The zero-order valence-corrected chi connectivity index (χ0v) is 24.8. The smallest absolute Gasteiger partial charge is 0.326 e. The Morgan fingerprint density at radius 1 is 0.814 bits per heavy atom. The van der Waals surface area contributed by atoms with Crippen LogP contribution < -0.4 is 27.4 Å². The van der Waals surface area contributed by atoms with Crippen molar-refractivity contribution >= 4 is 34.6 Å². The highest BCUT2D eigenvalue weighted by Gasteiger charge is 2.31. The largest absolute Gasteiger partial charge is 0.480 e. The molecular weight excluding hydrogens is 548 g/mol. The van der Waals surface area contributed by atoms with Crippen LogP contribution in [0, 0.1) is 5.92 Å². The summed E-state index contributed by atoms with van der Waals surface area (Å²) < 4.78 is 0. The van der Waals surface area contributed by atoms with Gasteiger partial charge in [-0.05, 0) is 48.9 Å². The van der Waals surface area contributed by atoms with Crippen molar-refractivity contribution in [3.8, 4) is 0 Å². The summed E-state index contributed by atoms with van der Waals surface area (Å²) in [5.41, 5.74) is 14.0. The quantitative estimate of drug-likeness (QED) is 0.117. The third-order valence-corrected chi connectivity index (χ3v) is 7.28. The van der Waals surface area contributed by atoms with Crippen molar-refractivity contribution in [1.29, 1.82) is 0 Å². The van der Waals surface area contributed by atoms with Crippen molar-refractivity contribution in [2.24, 2.45) is 17.4 Å². The van der Waals surface area contributed by atoms with Crippen LogP contribution in [0.4, 0.5) is 0 Å². The Bertz CT molecular complexity index is 1360. The molecule has 0 saturated heterocycles. The Morgan fingerprint density at radius 2 is 1.44 bits per heavy atom. The number of nitrogens with one attached hydrogen (secondary N) is 4. The SMILES string of the molecule is CC(C)CC(NC(=O)C(N)CCCCN)C(=O)NC(Cc1ccccc1)C(=O)NC(Cc1c[nH]c2ccccc12)C(=O)O. The lowest BCUT2D eigenvalue weighted by molar-refractivity contribution is -0.142. The number of aromatic amines is 1. The van der Waals surface area contributed by atoms with Gasteiger partial charge in [0.25, 0.3) is 0 Å². The molecule has 0 aliphatic rings. The average Bonchev–Trinajstić information content (AvgIpc) is 3.39. The number of aliphatic carboxylic acids is 1. The zero-order chi connectivity index (χ0) is 31.4. The van der Waals surface area contributed by atoms with E-state index in [-0.39, 0.29) is 18.8 Å². The third-order valence-electron chi connectivity index (χ3n) is 7.28. The van der Waals surface area contributed by atoms with Gasteiger partial charge in [0, 0.05) is 29.9 Å². The van der Waals surface area contributed by atoms with Crippen molar-refractivity contribution in [2.75, 3.05) is 6.54 Å². The lowest BCUT2D eigenvalue weighted by atomic mass is 9.99. The Labute approximate surface area is 252 Å². The van der Waals surface area contributed by atoms with E-state index < -0.39 is 47.9 Å². The minimum Gasteiger partial charge on any atom is -0.480 e. The number of H-pyrrole nitrogens is 1. The van der Waals surface area contributed by atoms with Gasteiger partial charge in [-0.2, -0.15) is 0 Å². The molecule has 11 heteroatoms. The van der Waals surface area contributed by atoms with E-state index in [9.17, 15) is 24.3 Å². The number of carbonyl (C=O) groups excluding carboxylic acids is 3. The molecule has 43 heavy (non-hydrogen) atoms. The van der Waals surface area contributed by atoms with Gasteiger partial charge in [0.2, 0.25) is 17.7 Å². The van der Waals surface area contributed by atoms with E-state index in [0.29, 0.717) is 25.8 Å². The van der Waals surface area contributed by atoms with Crippen molar-refractivity contribution in [3.05, 3.63) is 71.9 Å². The van der Waals surface area contributed by atoms with E-state index in [2.05, 4.69) is 20.9 Å². The molecule has 0 saturated carbocycles. The molecule has 3 amide bonds. The molecular formula is C32H44N6O5. The van der Waals surface area contributed by atoms with Crippen molar-refractivity contribution in [3.63, 3.8) is 0 Å². The van der Waals surface area contributed by atoms with E-state index in [1.54, 1.807) is 6.20 Å². The number of carboxylic acid groups (broad SMARTS) is 1. The number of benzene rings is 2. The lowest BCUT2D eigenvalue weighted by Crippen LogP contribution is -2.58. The first kappa shape index (κ1) is 33.3. The normalized spacial score (nSPS) is 14.1. The summed E-state index contributed by atoms with van der Waals surface area (Å²) in [5, 5.41) is 19.0. The topological polar surface area (TPSA) is 192 Å². The fourth-order valence-electron chi connectivity index (χ4n) is 4.95. The molecule has 4 atom stereocenters. The number of para-hydroxylation sites is 1. The second-order valence-corrected chi connectivity index (χ2v) is 11.3. The maximum Gasteiger partial charge on any atom is 0.326 e. The molecule has 4 unspecified atom stereocenters. The molecule has 1 heterocycles. The van der Waals surface area contributed by atoms with Gasteiger partial charge in [0.05, 0.1) is 6.04 Å². The minimum absolute atomic E-state index is 0.0468. The molecule has 11 nitrogen and oxygen atoms in total. The van der Waals surface area contributed by atoms with Crippen LogP contribution in [0.1, 0.15) is 50.7 Å². The van der Waals surface area contributed by atoms with Crippen LogP contribution in [0.2, 0.25) is 0 Å². The molecule has 3 aromatic rings. The molecule has 0 aliphatic carbocycles. The van der Waals surface area contributed by atoms with Crippen LogP contribution in [0.3, 0.4) is 0 Å². The van der Waals surface area contributed by atoms with Crippen LogP contribution in [-0.2, 0) is 32.0 Å². The van der Waals surface area contributed by atoms with Crippen LogP contribution >= 0.6 is 0 Å². The number of fused-ring (bicyclic) bond motifs is 1. The highest BCUT2D eigenvalue weighted by molar-refractivity contribution is 5.94. The number of unbranched alkanes of at least 4 members (excludes halogenated alkanes) is 1. The zero-order valence-electron chi connectivity index (χ0n) is 24.8. The van der Waals surface area contributed by atoms with E-state index in [4.69, 9.17) is 11.5 Å². The summed E-state index contributed by atoms with van der Waals surface area (Å²) in [7, 11) is 0. The summed E-state index contributed by atoms with van der Waals surface area (Å²) >= 11 is 0. The van der Waals surface area contributed by atoms with Crippen LogP contribution in [0.25, 0.3) is 10.9 Å². The molecule has 3 rings (SSSR count). The Kier molecular flexibility index (Phi) is 12.7. The molecule has 232 valence electrons. The van der Waals surface area contributed by atoms with Crippen molar-refractivity contribution < 1.29 is 24.3 Å². The van der Waals surface area contributed by atoms with Gasteiger partial charge in [0.1, 0.15) is 18.1 Å². The van der Waals surface area contributed by atoms with E-state index >= 15 is 0 Å². The standard InChI is InChI=1S/C32H44N6O5/c1-20(2)16-26(36-29(39)24(34)13-8-9-15-33)30(40)37-27(17-21-10-4-3-5-11-21)31(41)38-28(32(42)43)18-22-19-35-25-14-7-6-12-23(22)25/h3-7,10-12,14,19-20,24,26-28,35H,8-9,13,15-18,33-34H2,1-2H3,(H,36,39)(H,37,40)(H,38,41)(H,42,43). The van der Waals surface area contributed by atoms with Crippen LogP contribution in [0.15, 0.2) is 60.8 Å². The first-order valence-electron chi connectivity index (χ1n) is 14.8. The second-order valence-electron chi connectivity index (χ2n) is 11.3. The Balaban J connectivity index is 1.78. The second kappa shape index (κ2) is 16.4. The number of hydrogen-bond acceptors (Lipinski definition) is 6. The van der Waals surface area contributed by atoms with E-state index in [1.165, 1.54) is 0 Å². The molecule has 0 radical (unpaired) electrons. The fourth-order valence-corrected chi connectivity index (χ4v) is 4.95. The predicted molar refractivity (Wildman–Crippen MR) is 166 cm³/mol. The van der Waals surface area contributed by atoms with Crippen molar-refractivity contribution in [1.82, 2.24) is 20.9 Å².